The van der Waals surface area contributed by atoms with Crippen molar-refractivity contribution in [2.45, 2.75) is 29.1 Å². The van der Waals surface area contributed by atoms with Gasteiger partial charge in [-0.3, -0.25) is 4.21 Å². The van der Waals surface area contributed by atoms with Crippen LogP contribution in [0.1, 0.15) is 0 Å². The topological polar surface area (TPSA) is 26.3 Å². The van der Waals surface area contributed by atoms with Crippen LogP contribution < -0.4 is 4.74 Å². The summed E-state index contributed by atoms with van der Waals surface area (Å²) in [6.07, 6.45) is -3.72. The van der Waals surface area contributed by atoms with Gasteiger partial charge >= 0.3 is 24.2 Å². The largest absolute Gasteiger partial charge is 0.486 e. The van der Waals surface area contributed by atoms with Gasteiger partial charge in [0, 0.05) is 11.6 Å². The Morgan fingerprint density at radius 2 is 1.56 bits per heavy atom. The van der Waals surface area contributed by atoms with E-state index >= 15 is 0 Å². The first kappa shape index (κ1) is 21.4. The quantitative estimate of drug-likeness (QED) is 0.581. The molecule has 1 unspecified atom stereocenters. The second-order valence-corrected chi connectivity index (χ2v) is 6.90. The minimum Gasteiger partial charge on any atom is -0.486 e. The first-order chi connectivity index (χ1) is 12.3. The van der Waals surface area contributed by atoms with Crippen LogP contribution in [0.2, 0.25) is 0 Å². The molecule has 0 spiro atoms. The van der Waals surface area contributed by atoms with E-state index < -0.39 is 47.3 Å². The Hall–Kier alpha value is -1.91. The van der Waals surface area contributed by atoms with Crippen molar-refractivity contribution in [1.29, 1.82) is 0 Å². The van der Waals surface area contributed by atoms with Gasteiger partial charge in [-0.15, -0.1) is 0 Å². The summed E-state index contributed by atoms with van der Waals surface area (Å²) in [5.74, 6) is -18.6. The number of hydrogen-bond acceptors (Lipinski definition) is 2. The SMILES string of the molecule is CS(=O)c1cccc2cccc(OCC(F)(F)C(F)(F)C(F)(F)C(F)F)c12. The maximum atomic E-state index is 13.7. The molecular formula is C16H12F8O2S. The van der Waals surface area contributed by atoms with Crippen LogP contribution in [0, 0.1) is 0 Å². The summed E-state index contributed by atoms with van der Waals surface area (Å²) >= 11 is 0. The molecule has 0 aliphatic rings. The molecule has 2 nitrogen and oxygen atoms in total. The highest BCUT2D eigenvalue weighted by Gasteiger charge is 2.75. The number of alkyl halides is 8. The number of hydrogen-bond donors (Lipinski definition) is 0. The summed E-state index contributed by atoms with van der Waals surface area (Å²) in [7, 11) is -1.61. The van der Waals surface area contributed by atoms with Crippen LogP contribution in [-0.4, -0.2) is 41.3 Å². The van der Waals surface area contributed by atoms with Crippen molar-refractivity contribution < 1.29 is 44.1 Å². The lowest BCUT2D eigenvalue weighted by atomic mass is 10.1. The second-order valence-electron chi connectivity index (χ2n) is 5.56. The zero-order valence-corrected chi connectivity index (χ0v) is 14.3. The average Bonchev–Trinajstić information content (AvgIpc) is 2.58. The second kappa shape index (κ2) is 7.25. The van der Waals surface area contributed by atoms with Crippen molar-refractivity contribution in [3.05, 3.63) is 36.4 Å². The van der Waals surface area contributed by atoms with Crippen LogP contribution in [0.25, 0.3) is 10.8 Å². The van der Waals surface area contributed by atoms with Crippen molar-refractivity contribution in [3.8, 4) is 5.75 Å². The molecule has 0 aliphatic carbocycles. The monoisotopic (exact) mass is 420 g/mol. The zero-order valence-electron chi connectivity index (χ0n) is 13.5. The Balaban J connectivity index is 2.40. The van der Waals surface area contributed by atoms with Gasteiger partial charge in [-0.05, 0) is 17.5 Å². The van der Waals surface area contributed by atoms with Gasteiger partial charge in [0.1, 0.15) is 5.75 Å². The Morgan fingerprint density at radius 1 is 1.00 bits per heavy atom. The van der Waals surface area contributed by atoms with E-state index in [1.165, 1.54) is 36.6 Å². The normalized spacial score (nSPS) is 14.6. The highest BCUT2D eigenvalue weighted by atomic mass is 32.2. The first-order valence-corrected chi connectivity index (χ1v) is 8.78. The molecule has 27 heavy (non-hydrogen) atoms. The smallest absolute Gasteiger partial charge is 0.381 e. The summed E-state index contributed by atoms with van der Waals surface area (Å²) in [5, 5.41) is 0.425. The van der Waals surface area contributed by atoms with E-state index in [1.54, 1.807) is 0 Å². The van der Waals surface area contributed by atoms with Crippen molar-refractivity contribution in [1.82, 2.24) is 0 Å². The molecule has 0 N–H and O–H groups in total. The lowest BCUT2D eigenvalue weighted by molar-refractivity contribution is -0.342. The van der Waals surface area contributed by atoms with Crippen molar-refractivity contribution in [3.63, 3.8) is 0 Å². The molecule has 0 radical (unpaired) electrons. The summed E-state index contributed by atoms with van der Waals surface area (Å²) < 4.78 is 120. The Morgan fingerprint density at radius 3 is 2.07 bits per heavy atom. The molecule has 150 valence electrons. The Kier molecular flexibility index (Phi) is 5.74. The van der Waals surface area contributed by atoms with E-state index in [2.05, 4.69) is 4.74 Å². The standard InChI is InChI=1S/C16H12F8O2S/c1-27(25)11-7-3-5-9-4-2-6-10(12(9)11)26-8-14(19,20)16(23,24)15(21,22)13(17)18/h2-7,13H,8H2,1H3. The van der Waals surface area contributed by atoms with Gasteiger partial charge in [0.25, 0.3) is 0 Å². The third-order valence-corrected chi connectivity index (χ3v) is 4.66. The van der Waals surface area contributed by atoms with Crippen LogP contribution in [-0.2, 0) is 10.8 Å². The van der Waals surface area contributed by atoms with E-state index in [0.29, 0.717) is 5.39 Å². The minimum absolute atomic E-state index is 0.0561. The molecule has 2 aromatic carbocycles. The number of fused-ring (bicyclic) bond motifs is 1. The van der Waals surface area contributed by atoms with Gasteiger partial charge in [0.2, 0.25) is 0 Å². The van der Waals surface area contributed by atoms with E-state index in [0.717, 1.165) is 6.07 Å². The van der Waals surface area contributed by atoms with Gasteiger partial charge in [0.15, 0.2) is 6.61 Å². The molecule has 0 heterocycles. The average molecular weight is 420 g/mol. The lowest BCUT2D eigenvalue weighted by Crippen LogP contribution is -2.59. The van der Waals surface area contributed by atoms with E-state index in [1.807, 2.05) is 0 Å². The molecule has 0 fully saturated rings. The van der Waals surface area contributed by atoms with E-state index in [4.69, 9.17) is 0 Å². The van der Waals surface area contributed by atoms with Gasteiger partial charge in [-0.2, -0.15) is 26.3 Å². The van der Waals surface area contributed by atoms with E-state index in [-0.39, 0.29) is 10.3 Å². The van der Waals surface area contributed by atoms with Crippen LogP contribution in [0.4, 0.5) is 35.1 Å². The fraction of sp³-hybridized carbons (Fsp3) is 0.375. The van der Waals surface area contributed by atoms with Crippen LogP contribution >= 0.6 is 0 Å². The number of ether oxygens (including phenoxy) is 1. The molecule has 0 saturated heterocycles. The van der Waals surface area contributed by atoms with Gasteiger partial charge in [-0.1, -0.05) is 24.3 Å². The predicted octanol–water partition coefficient (Wildman–Crippen LogP) is 5.13. The highest BCUT2D eigenvalue weighted by Crippen LogP contribution is 2.48. The lowest BCUT2D eigenvalue weighted by Gasteiger charge is -2.32. The van der Waals surface area contributed by atoms with Crippen LogP contribution in [0.15, 0.2) is 41.3 Å². The molecule has 0 amide bonds. The summed E-state index contributed by atoms with van der Waals surface area (Å²) in [5.41, 5.74) is 0. The minimum atomic E-state index is -6.35. The maximum absolute atomic E-state index is 13.7. The molecule has 0 aromatic heterocycles. The van der Waals surface area contributed by atoms with Crippen molar-refractivity contribution in [2.24, 2.45) is 0 Å². The maximum Gasteiger partial charge on any atom is 0.381 e. The van der Waals surface area contributed by atoms with Crippen LogP contribution in [0.5, 0.6) is 5.75 Å². The summed E-state index contributed by atoms with van der Waals surface area (Å²) in [4.78, 5) is 0.135. The van der Waals surface area contributed by atoms with Gasteiger partial charge in [-0.25, -0.2) is 8.78 Å². The van der Waals surface area contributed by atoms with E-state index in [9.17, 15) is 39.3 Å². The molecule has 0 bridgehead atoms. The molecular weight excluding hydrogens is 408 g/mol. The molecule has 2 aromatic rings. The molecule has 11 heteroatoms. The highest BCUT2D eigenvalue weighted by molar-refractivity contribution is 7.84. The first-order valence-electron chi connectivity index (χ1n) is 7.22. The van der Waals surface area contributed by atoms with Crippen molar-refractivity contribution in [2.75, 3.05) is 12.9 Å². The Labute approximate surface area is 150 Å². The van der Waals surface area contributed by atoms with Gasteiger partial charge < -0.3 is 4.74 Å². The number of rotatable bonds is 7. The Bertz CT molecular complexity index is 848. The number of benzene rings is 2. The fourth-order valence-electron chi connectivity index (χ4n) is 2.27. The summed E-state index contributed by atoms with van der Waals surface area (Å²) in [6, 6.07) is 8.27. The van der Waals surface area contributed by atoms with Crippen molar-refractivity contribution >= 4 is 21.6 Å². The third kappa shape index (κ3) is 3.74. The third-order valence-electron chi connectivity index (χ3n) is 3.70. The number of halogens is 8. The zero-order chi connectivity index (χ0) is 20.6. The van der Waals surface area contributed by atoms with Crippen LogP contribution in [0.3, 0.4) is 0 Å². The molecule has 1 atom stereocenters. The fourth-order valence-corrected chi connectivity index (χ4v) is 3.05. The van der Waals surface area contributed by atoms with Gasteiger partial charge in [0.05, 0.1) is 15.7 Å². The molecule has 0 saturated carbocycles. The summed E-state index contributed by atoms with van der Waals surface area (Å²) in [6.45, 7) is -2.29. The predicted molar refractivity (Wildman–Crippen MR) is 82.6 cm³/mol. The molecule has 0 aliphatic heterocycles. The molecule has 2 rings (SSSR count).